The highest BCUT2D eigenvalue weighted by Crippen LogP contribution is 2.46. The second-order valence-electron chi connectivity index (χ2n) is 8.45. The summed E-state index contributed by atoms with van der Waals surface area (Å²) in [5, 5.41) is 0. The Bertz CT molecular complexity index is 1120. The Balaban J connectivity index is 1.61. The maximum atomic E-state index is 13.4. The summed E-state index contributed by atoms with van der Waals surface area (Å²) < 4.78 is 0. The van der Waals surface area contributed by atoms with Crippen LogP contribution in [-0.2, 0) is 10.2 Å². The normalized spacial score (nSPS) is 17.5. The molecule has 0 unspecified atom stereocenters. The topological polar surface area (TPSA) is 75.1 Å². The molecule has 0 saturated carbocycles. The number of anilines is 3. The van der Waals surface area contributed by atoms with Gasteiger partial charge in [-0.05, 0) is 50.8 Å². The van der Waals surface area contributed by atoms with E-state index in [0.717, 1.165) is 60.0 Å². The van der Waals surface area contributed by atoms with Gasteiger partial charge in [-0.3, -0.25) is 14.7 Å². The van der Waals surface area contributed by atoms with Crippen LogP contribution in [0.2, 0.25) is 0 Å². The highest BCUT2D eigenvalue weighted by Gasteiger charge is 2.45. The van der Waals surface area contributed by atoms with E-state index in [2.05, 4.69) is 19.9 Å². The second kappa shape index (κ2) is 6.86. The molecular formula is C23H24N6O. The molecule has 5 rings (SSSR count). The molecule has 152 valence electrons. The SMILES string of the molecule is Cc1ncc(-c2ccc3c(c2)N(c2cncc(N4CCCC4)n2)C(=O)C3(C)C)cn1. The highest BCUT2D eigenvalue weighted by molar-refractivity contribution is 6.12. The second-order valence-corrected chi connectivity index (χ2v) is 8.45. The van der Waals surface area contributed by atoms with E-state index in [1.807, 2.05) is 51.4 Å². The van der Waals surface area contributed by atoms with Crippen LogP contribution < -0.4 is 9.80 Å². The first-order chi connectivity index (χ1) is 14.4. The molecule has 4 heterocycles. The number of carbonyl (C=O) groups excluding carboxylic acids is 1. The van der Waals surface area contributed by atoms with Crippen molar-refractivity contribution in [3.63, 3.8) is 0 Å². The van der Waals surface area contributed by atoms with Crippen LogP contribution in [0.25, 0.3) is 11.1 Å². The van der Waals surface area contributed by atoms with Crippen LogP contribution in [0.4, 0.5) is 17.3 Å². The molecule has 0 N–H and O–H groups in total. The van der Waals surface area contributed by atoms with Gasteiger partial charge in [-0.15, -0.1) is 0 Å². The number of carbonyl (C=O) groups is 1. The third-order valence-corrected chi connectivity index (χ3v) is 6.03. The van der Waals surface area contributed by atoms with Gasteiger partial charge in [0.15, 0.2) is 5.82 Å². The summed E-state index contributed by atoms with van der Waals surface area (Å²) >= 11 is 0. The Hall–Kier alpha value is -3.35. The fourth-order valence-corrected chi connectivity index (χ4v) is 4.25. The van der Waals surface area contributed by atoms with Crippen molar-refractivity contribution in [2.45, 2.75) is 39.0 Å². The molecule has 1 aromatic carbocycles. The molecular weight excluding hydrogens is 376 g/mol. The minimum Gasteiger partial charge on any atom is -0.355 e. The smallest absolute Gasteiger partial charge is 0.242 e. The maximum Gasteiger partial charge on any atom is 0.242 e. The first-order valence-electron chi connectivity index (χ1n) is 10.3. The van der Waals surface area contributed by atoms with Crippen molar-refractivity contribution in [2.75, 3.05) is 22.9 Å². The van der Waals surface area contributed by atoms with Crippen molar-refractivity contribution >= 4 is 23.2 Å². The van der Waals surface area contributed by atoms with Crippen LogP contribution in [0.1, 0.15) is 38.1 Å². The average Bonchev–Trinajstić information content (AvgIpc) is 3.35. The predicted octanol–water partition coefficient (Wildman–Crippen LogP) is 3.80. The Morgan fingerprint density at radius 1 is 0.933 bits per heavy atom. The van der Waals surface area contributed by atoms with Gasteiger partial charge in [-0.1, -0.05) is 12.1 Å². The van der Waals surface area contributed by atoms with Crippen LogP contribution >= 0.6 is 0 Å². The monoisotopic (exact) mass is 400 g/mol. The van der Waals surface area contributed by atoms with Crippen LogP contribution in [-0.4, -0.2) is 38.9 Å². The van der Waals surface area contributed by atoms with Crippen molar-refractivity contribution in [2.24, 2.45) is 0 Å². The molecule has 2 aromatic heterocycles. The molecule has 1 amide bonds. The number of hydrogen-bond donors (Lipinski definition) is 0. The van der Waals surface area contributed by atoms with Gasteiger partial charge < -0.3 is 4.90 Å². The van der Waals surface area contributed by atoms with E-state index in [1.165, 1.54) is 0 Å². The van der Waals surface area contributed by atoms with Gasteiger partial charge in [0.25, 0.3) is 0 Å². The van der Waals surface area contributed by atoms with Crippen molar-refractivity contribution in [3.05, 3.63) is 54.4 Å². The fraction of sp³-hybridized carbons (Fsp3) is 0.348. The molecule has 30 heavy (non-hydrogen) atoms. The number of aromatic nitrogens is 4. The number of amides is 1. The molecule has 1 saturated heterocycles. The van der Waals surface area contributed by atoms with Gasteiger partial charge in [-0.25, -0.2) is 15.0 Å². The van der Waals surface area contributed by atoms with E-state index in [1.54, 1.807) is 17.3 Å². The van der Waals surface area contributed by atoms with Crippen LogP contribution in [0.5, 0.6) is 0 Å². The van der Waals surface area contributed by atoms with E-state index in [4.69, 9.17) is 4.98 Å². The Morgan fingerprint density at radius 2 is 1.63 bits per heavy atom. The van der Waals surface area contributed by atoms with Crippen molar-refractivity contribution < 1.29 is 4.79 Å². The van der Waals surface area contributed by atoms with E-state index < -0.39 is 5.41 Å². The molecule has 1 fully saturated rings. The zero-order valence-electron chi connectivity index (χ0n) is 17.5. The van der Waals surface area contributed by atoms with Gasteiger partial charge in [0.1, 0.15) is 11.6 Å². The molecule has 2 aliphatic rings. The van der Waals surface area contributed by atoms with Crippen molar-refractivity contribution in [3.8, 4) is 11.1 Å². The van der Waals surface area contributed by atoms with Crippen LogP contribution in [0.3, 0.4) is 0 Å². The van der Waals surface area contributed by atoms with Gasteiger partial charge >= 0.3 is 0 Å². The van der Waals surface area contributed by atoms with Crippen molar-refractivity contribution in [1.82, 2.24) is 19.9 Å². The molecule has 0 atom stereocenters. The maximum absolute atomic E-state index is 13.4. The van der Waals surface area contributed by atoms with E-state index in [-0.39, 0.29) is 5.91 Å². The molecule has 7 heteroatoms. The summed E-state index contributed by atoms with van der Waals surface area (Å²) in [5.74, 6) is 2.12. The van der Waals surface area contributed by atoms with Gasteiger partial charge in [0.2, 0.25) is 5.91 Å². The highest BCUT2D eigenvalue weighted by atomic mass is 16.2. The lowest BCUT2D eigenvalue weighted by Crippen LogP contribution is -2.34. The lowest BCUT2D eigenvalue weighted by molar-refractivity contribution is -0.121. The molecule has 0 aliphatic carbocycles. The van der Waals surface area contributed by atoms with E-state index in [9.17, 15) is 4.79 Å². The number of aryl methyl sites for hydroxylation is 1. The van der Waals surface area contributed by atoms with E-state index in [0.29, 0.717) is 5.82 Å². The standard InChI is InChI=1S/C23H24N6O/c1-15-25-11-17(12-26-15)16-6-7-18-19(10-16)29(22(30)23(18,2)3)21-14-24-13-20(27-21)28-8-4-5-9-28/h6-7,10-14H,4-5,8-9H2,1-3H3. The third-order valence-electron chi connectivity index (χ3n) is 6.03. The minimum atomic E-state index is -0.636. The molecule has 3 aromatic rings. The van der Waals surface area contributed by atoms with Gasteiger partial charge in [0.05, 0.1) is 23.5 Å². The first kappa shape index (κ1) is 18.7. The molecule has 0 spiro atoms. The predicted molar refractivity (Wildman–Crippen MR) is 116 cm³/mol. The largest absolute Gasteiger partial charge is 0.355 e. The van der Waals surface area contributed by atoms with Gasteiger partial charge in [0, 0.05) is 31.0 Å². The van der Waals surface area contributed by atoms with Crippen molar-refractivity contribution in [1.29, 1.82) is 0 Å². The Kier molecular flexibility index (Phi) is 4.27. The fourth-order valence-electron chi connectivity index (χ4n) is 4.25. The lowest BCUT2D eigenvalue weighted by atomic mass is 9.85. The zero-order valence-corrected chi connectivity index (χ0v) is 17.5. The number of rotatable bonds is 3. The third kappa shape index (κ3) is 2.93. The molecule has 0 bridgehead atoms. The quantitative estimate of drug-likeness (QED) is 0.666. The van der Waals surface area contributed by atoms with E-state index >= 15 is 0 Å². The summed E-state index contributed by atoms with van der Waals surface area (Å²) in [4.78, 5) is 35.2. The summed E-state index contributed by atoms with van der Waals surface area (Å²) in [6.45, 7) is 7.74. The summed E-state index contributed by atoms with van der Waals surface area (Å²) in [7, 11) is 0. The Labute approximate surface area is 175 Å². The number of benzene rings is 1. The summed E-state index contributed by atoms with van der Waals surface area (Å²) in [5.41, 5.74) is 3.07. The molecule has 2 aliphatic heterocycles. The number of fused-ring (bicyclic) bond motifs is 1. The Morgan fingerprint density at radius 3 is 2.37 bits per heavy atom. The summed E-state index contributed by atoms with van der Waals surface area (Å²) in [6.07, 6.45) is 9.39. The molecule has 0 radical (unpaired) electrons. The van der Waals surface area contributed by atoms with Crippen LogP contribution in [0, 0.1) is 6.92 Å². The summed E-state index contributed by atoms with van der Waals surface area (Å²) in [6, 6.07) is 6.08. The zero-order chi connectivity index (χ0) is 20.9. The first-order valence-corrected chi connectivity index (χ1v) is 10.3. The molecule has 7 nitrogen and oxygen atoms in total. The minimum absolute atomic E-state index is 0.00248. The number of nitrogens with zero attached hydrogens (tertiary/aromatic N) is 6. The van der Waals surface area contributed by atoms with Crippen LogP contribution in [0.15, 0.2) is 43.0 Å². The van der Waals surface area contributed by atoms with Gasteiger partial charge in [-0.2, -0.15) is 0 Å². The lowest BCUT2D eigenvalue weighted by Gasteiger charge is -2.22. The average molecular weight is 400 g/mol. The number of hydrogen-bond acceptors (Lipinski definition) is 6.